The maximum absolute atomic E-state index is 12.6. The molecular formula is C20H20N2O. The molecule has 2 aliphatic heterocycles. The predicted octanol–water partition coefficient (Wildman–Crippen LogP) is 3.59. The Kier molecular flexibility index (Phi) is 3.22. The molecule has 2 heterocycles. The van der Waals surface area contributed by atoms with Gasteiger partial charge < -0.3 is 9.80 Å². The maximum Gasteiger partial charge on any atom is 0.258 e. The van der Waals surface area contributed by atoms with Crippen LogP contribution in [0.2, 0.25) is 0 Å². The van der Waals surface area contributed by atoms with Crippen LogP contribution in [-0.4, -0.2) is 26.5 Å². The van der Waals surface area contributed by atoms with Crippen LogP contribution in [0, 0.1) is 0 Å². The number of hydrogen-bond acceptors (Lipinski definition) is 2. The summed E-state index contributed by atoms with van der Waals surface area (Å²) >= 11 is 0. The summed E-state index contributed by atoms with van der Waals surface area (Å²) in [7, 11) is 3.98. The first-order valence-electron chi connectivity index (χ1n) is 8.08. The van der Waals surface area contributed by atoms with E-state index in [0.717, 1.165) is 35.4 Å². The second kappa shape index (κ2) is 5.27. The van der Waals surface area contributed by atoms with E-state index in [0.29, 0.717) is 0 Å². The summed E-state index contributed by atoms with van der Waals surface area (Å²) in [4.78, 5) is 16.6. The molecule has 116 valence electrons. The summed E-state index contributed by atoms with van der Waals surface area (Å²) in [6.45, 7) is 1.12. The molecule has 0 aliphatic carbocycles. The standard InChI is InChI=1S/C20H20N2O/c1-21-11-5-6-15-12-14(9-10-18(15)21)13-17-16-7-3-4-8-19(16)22(2)20(17)23/h3-4,7-10,12-13H,5-6,11H2,1-2H3/b17-13-. The first-order valence-corrected chi connectivity index (χ1v) is 8.08. The molecule has 2 aliphatic rings. The van der Waals surface area contributed by atoms with Gasteiger partial charge in [0.25, 0.3) is 5.91 Å². The van der Waals surface area contributed by atoms with E-state index < -0.39 is 0 Å². The lowest BCUT2D eigenvalue weighted by molar-refractivity contribution is -0.112. The van der Waals surface area contributed by atoms with Gasteiger partial charge in [0.15, 0.2) is 0 Å². The Morgan fingerprint density at radius 2 is 1.87 bits per heavy atom. The van der Waals surface area contributed by atoms with E-state index in [-0.39, 0.29) is 5.91 Å². The summed E-state index contributed by atoms with van der Waals surface area (Å²) in [6.07, 6.45) is 4.33. The fourth-order valence-corrected chi connectivity index (χ4v) is 3.60. The van der Waals surface area contributed by atoms with Crippen LogP contribution >= 0.6 is 0 Å². The zero-order valence-electron chi connectivity index (χ0n) is 13.5. The Bertz CT molecular complexity index is 822. The van der Waals surface area contributed by atoms with Crippen molar-refractivity contribution in [3.8, 4) is 0 Å². The van der Waals surface area contributed by atoms with Gasteiger partial charge in [-0.15, -0.1) is 0 Å². The summed E-state index contributed by atoms with van der Waals surface area (Å²) in [5.74, 6) is 0.0704. The van der Waals surface area contributed by atoms with Gasteiger partial charge in [-0.3, -0.25) is 4.79 Å². The smallest absolute Gasteiger partial charge is 0.258 e. The Balaban J connectivity index is 1.78. The average molecular weight is 304 g/mol. The van der Waals surface area contributed by atoms with E-state index in [2.05, 4.69) is 30.1 Å². The normalized spacial score (nSPS) is 18.3. The number of anilines is 2. The Morgan fingerprint density at radius 1 is 1.04 bits per heavy atom. The summed E-state index contributed by atoms with van der Waals surface area (Å²) in [6, 6.07) is 14.5. The van der Waals surface area contributed by atoms with Crippen molar-refractivity contribution in [2.45, 2.75) is 12.8 Å². The minimum Gasteiger partial charge on any atom is -0.374 e. The zero-order valence-corrected chi connectivity index (χ0v) is 13.5. The van der Waals surface area contributed by atoms with Gasteiger partial charge in [0.05, 0.1) is 5.69 Å². The number of amides is 1. The van der Waals surface area contributed by atoms with Crippen molar-refractivity contribution in [2.75, 3.05) is 30.4 Å². The number of carbonyl (C=O) groups excluding carboxylic acids is 1. The minimum atomic E-state index is 0.0704. The largest absolute Gasteiger partial charge is 0.374 e. The highest BCUT2D eigenvalue weighted by atomic mass is 16.2. The molecule has 2 aromatic rings. The number of rotatable bonds is 1. The lowest BCUT2D eigenvalue weighted by Gasteiger charge is -2.27. The number of likely N-dealkylation sites (N-methyl/N-ethyl adjacent to an activating group) is 1. The van der Waals surface area contributed by atoms with Crippen LogP contribution in [0.5, 0.6) is 0 Å². The molecule has 3 nitrogen and oxygen atoms in total. The molecular weight excluding hydrogens is 284 g/mol. The average Bonchev–Trinajstić information content (AvgIpc) is 2.81. The van der Waals surface area contributed by atoms with E-state index in [1.807, 2.05) is 37.4 Å². The van der Waals surface area contributed by atoms with Gasteiger partial charge in [-0.2, -0.15) is 0 Å². The first kappa shape index (κ1) is 14.1. The van der Waals surface area contributed by atoms with Crippen molar-refractivity contribution in [3.05, 3.63) is 59.2 Å². The van der Waals surface area contributed by atoms with Gasteiger partial charge in [-0.1, -0.05) is 24.3 Å². The highest BCUT2D eigenvalue weighted by Gasteiger charge is 2.29. The SMILES string of the molecule is CN1CCCc2cc(/C=C3\C(=O)N(C)c4ccccc43)ccc21. The fourth-order valence-electron chi connectivity index (χ4n) is 3.60. The molecule has 0 spiro atoms. The molecule has 1 amide bonds. The van der Waals surface area contributed by atoms with Crippen LogP contribution in [0.3, 0.4) is 0 Å². The summed E-state index contributed by atoms with van der Waals surface area (Å²) in [5, 5.41) is 0. The maximum atomic E-state index is 12.6. The third-order valence-electron chi connectivity index (χ3n) is 4.86. The Morgan fingerprint density at radius 3 is 2.74 bits per heavy atom. The molecule has 0 saturated carbocycles. The molecule has 0 radical (unpaired) electrons. The van der Waals surface area contributed by atoms with Crippen LogP contribution in [0.15, 0.2) is 42.5 Å². The Labute approximate surface area is 136 Å². The number of fused-ring (bicyclic) bond motifs is 2. The van der Waals surface area contributed by atoms with Gasteiger partial charge >= 0.3 is 0 Å². The number of carbonyl (C=O) groups is 1. The van der Waals surface area contributed by atoms with Crippen molar-refractivity contribution in [3.63, 3.8) is 0 Å². The molecule has 23 heavy (non-hydrogen) atoms. The lowest BCUT2D eigenvalue weighted by atomic mass is 9.97. The molecule has 0 unspecified atom stereocenters. The van der Waals surface area contributed by atoms with Crippen LogP contribution in [0.4, 0.5) is 11.4 Å². The number of hydrogen-bond donors (Lipinski definition) is 0. The molecule has 4 rings (SSSR count). The highest BCUT2D eigenvalue weighted by Crippen LogP contribution is 2.37. The van der Waals surface area contributed by atoms with Crippen LogP contribution in [-0.2, 0) is 11.2 Å². The van der Waals surface area contributed by atoms with Crippen molar-refractivity contribution >= 4 is 28.9 Å². The quantitative estimate of drug-likeness (QED) is 0.752. The van der Waals surface area contributed by atoms with Gasteiger partial charge in [0, 0.05) is 37.5 Å². The number of nitrogens with zero attached hydrogens (tertiary/aromatic N) is 2. The highest BCUT2D eigenvalue weighted by molar-refractivity contribution is 6.35. The van der Waals surface area contributed by atoms with Crippen molar-refractivity contribution < 1.29 is 4.79 Å². The van der Waals surface area contributed by atoms with Crippen LogP contribution in [0.25, 0.3) is 11.6 Å². The van der Waals surface area contributed by atoms with Crippen LogP contribution in [0.1, 0.15) is 23.1 Å². The number of benzene rings is 2. The third-order valence-corrected chi connectivity index (χ3v) is 4.86. The second-order valence-electron chi connectivity index (χ2n) is 6.35. The first-order chi connectivity index (χ1) is 11.1. The minimum absolute atomic E-state index is 0.0704. The summed E-state index contributed by atoms with van der Waals surface area (Å²) < 4.78 is 0. The fraction of sp³-hybridized carbons (Fsp3) is 0.250. The molecule has 3 heteroatoms. The van der Waals surface area contributed by atoms with Crippen molar-refractivity contribution in [1.29, 1.82) is 0 Å². The predicted molar refractivity (Wildman–Crippen MR) is 95.8 cm³/mol. The zero-order chi connectivity index (χ0) is 16.0. The van der Waals surface area contributed by atoms with Gasteiger partial charge in [0.2, 0.25) is 0 Å². The van der Waals surface area contributed by atoms with Crippen molar-refractivity contribution in [1.82, 2.24) is 0 Å². The second-order valence-corrected chi connectivity index (χ2v) is 6.35. The van der Waals surface area contributed by atoms with E-state index >= 15 is 0 Å². The molecule has 0 bridgehead atoms. The van der Waals surface area contributed by atoms with E-state index in [1.54, 1.807) is 4.90 Å². The van der Waals surface area contributed by atoms with E-state index in [9.17, 15) is 4.79 Å². The van der Waals surface area contributed by atoms with E-state index in [1.165, 1.54) is 17.7 Å². The molecule has 0 N–H and O–H groups in total. The van der Waals surface area contributed by atoms with Crippen LogP contribution < -0.4 is 9.80 Å². The van der Waals surface area contributed by atoms with E-state index in [4.69, 9.17) is 0 Å². The molecule has 0 aromatic heterocycles. The van der Waals surface area contributed by atoms with Gasteiger partial charge in [0.1, 0.15) is 0 Å². The molecule has 0 atom stereocenters. The summed E-state index contributed by atoms with van der Waals surface area (Å²) in [5.41, 5.74) is 6.59. The van der Waals surface area contributed by atoms with Gasteiger partial charge in [-0.05, 0) is 48.2 Å². The molecule has 2 aromatic carbocycles. The lowest BCUT2D eigenvalue weighted by Crippen LogP contribution is -2.24. The third kappa shape index (κ3) is 2.24. The molecule has 0 fully saturated rings. The Hall–Kier alpha value is -2.55. The number of aryl methyl sites for hydroxylation is 1. The molecule has 0 saturated heterocycles. The monoisotopic (exact) mass is 304 g/mol. The number of para-hydroxylation sites is 1. The van der Waals surface area contributed by atoms with Crippen molar-refractivity contribution in [2.24, 2.45) is 0 Å². The van der Waals surface area contributed by atoms with Gasteiger partial charge in [-0.25, -0.2) is 0 Å². The topological polar surface area (TPSA) is 23.6 Å².